The third kappa shape index (κ3) is 4.03. The van der Waals surface area contributed by atoms with Gasteiger partial charge < -0.3 is 9.88 Å². The third-order valence-corrected chi connectivity index (χ3v) is 4.88. The molecule has 128 valence electrons. The smallest absolute Gasteiger partial charge is 0.227 e. The number of amides is 1. The van der Waals surface area contributed by atoms with Crippen LogP contribution in [-0.4, -0.2) is 21.7 Å². The molecule has 0 spiro atoms. The molecule has 5 nitrogen and oxygen atoms in total. The Morgan fingerprint density at radius 2 is 2.12 bits per heavy atom. The van der Waals surface area contributed by atoms with Crippen LogP contribution in [0.2, 0.25) is 0 Å². The molecule has 0 aliphatic rings. The van der Waals surface area contributed by atoms with Crippen molar-refractivity contribution in [1.29, 1.82) is 0 Å². The highest BCUT2D eigenvalue weighted by atomic mass is 32.1. The zero-order valence-electron chi connectivity index (χ0n) is 14.2. The van der Waals surface area contributed by atoms with E-state index in [1.54, 1.807) is 22.9 Å². The number of hydrogen-bond donors (Lipinski definition) is 1. The molecule has 0 bridgehead atoms. The average molecular weight is 353 g/mol. The zero-order chi connectivity index (χ0) is 17.8. The summed E-state index contributed by atoms with van der Waals surface area (Å²) in [5, 5.41) is 5.35. The van der Waals surface area contributed by atoms with E-state index in [2.05, 4.69) is 36.3 Å². The van der Waals surface area contributed by atoms with Gasteiger partial charge in [-0.3, -0.25) is 9.59 Å². The zero-order valence-corrected chi connectivity index (χ0v) is 15.0. The number of aromatic nitrogens is 2. The Morgan fingerprint density at radius 3 is 2.88 bits per heavy atom. The molecule has 3 rings (SSSR count). The van der Waals surface area contributed by atoms with Crippen LogP contribution in [0.1, 0.15) is 28.0 Å². The van der Waals surface area contributed by atoms with Gasteiger partial charge in [0, 0.05) is 30.1 Å². The van der Waals surface area contributed by atoms with Gasteiger partial charge in [-0.05, 0) is 43.2 Å². The number of anilines is 1. The molecule has 0 saturated heterocycles. The van der Waals surface area contributed by atoms with E-state index in [0.29, 0.717) is 17.4 Å². The quantitative estimate of drug-likeness (QED) is 0.680. The van der Waals surface area contributed by atoms with E-state index in [9.17, 15) is 9.59 Å². The van der Waals surface area contributed by atoms with Crippen molar-refractivity contribution in [3.8, 4) is 11.3 Å². The van der Waals surface area contributed by atoms with Gasteiger partial charge in [0.2, 0.25) is 5.91 Å². The summed E-state index contributed by atoms with van der Waals surface area (Å²) in [6, 6.07) is 9.73. The van der Waals surface area contributed by atoms with Crippen LogP contribution < -0.4 is 5.32 Å². The Kier molecular flexibility index (Phi) is 5.09. The first kappa shape index (κ1) is 17.1. The van der Waals surface area contributed by atoms with Crippen LogP contribution in [0.3, 0.4) is 0 Å². The SMILES string of the molecule is Cc1ccc(-c2csc(NC(=O)CCn3cccc3C=O)n2)cc1C. The lowest BCUT2D eigenvalue weighted by Gasteiger charge is -2.05. The number of carbonyl (C=O) groups excluding carboxylic acids is 2. The minimum Gasteiger partial charge on any atom is -0.345 e. The van der Waals surface area contributed by atoms with Gasteiger partial charge in [0.15, 0.2) is 11.4 Å². The van der Waals surface area contributed by atoms with Gasteiger partial charge in [-0.25, -0.2) is 4.98 Å². The average Bonchev–Trinajstić information content (AvgIpc) is 3.24. The van der Waals surface area contributed by atoms with E-state index in [0.717, 1.165) is 17.5 Å². The molecule has 25 heavy (non-hydrogen) atoms. The summed E-state index contributed by atoms with van der Waals surface area (Å²) in [7, 11) is 0. The second kappa shape index (κ2) is 7.44. The van der Waals surface area contributed by atoms with Gasteiger partial charge in [-0.2, -0.15) is 0 Å². The molecule has 1 amide bonds. The lowest BCUT2D eigenvalue weighted by Crippen LogP contribution is -2.14. The Balaban J connectivity index is 1.61. The van der Waals surface area contributed by atoms with Crippen LogP contribution in [0.25, 0.3) is 11.3 Å². The number of benzene rings is 1. The summed E-state index contributed by atoms with van der Waals surface area (Å²) < 4.78 is 1.76. The molecule has 6 heteroatoms. The topological polar surface area (TPSA) is 64.0 Å². The fraction of sp³-hybridized carbons (Fsp3) is 0.211. The lowest BCUT2D eigenvalue weighted by atomic mass is 10.1. The summed E-state index contributed by atoms with van der Waals surface area (Å²) in [5.41, 5.74) is 4.93. The molecule has 0 aliphatic carbocycles. The molecule has 2 heterocycles. The maximum absolute atomic E-state index is 12.1. The van der Waals surface area contributed by atoms with Crippen molar-refractivity contribution in [3.63, 3.8) is 0 Å². The first-order chi connectivity index (χ1) is 12.1. The molecule has 1 N–H and O–H groups in total. The molecular formula is C19H19N3O2S. The number of nitrogens with zero attached hydrogens (tertiary/aromatic N) is 2. The number of rotatable bonds is 6. The van der Waals surface area contributed by atoms with Gasteiger partial charge in [-0.1, -0.05) is 12.1 Å². The molecule has 0 radical (unpaired) electrons. The second-order valence-electron chi connectivity index (χ2n) is 5.88. The van der Waals surface area contributed by atoms with E-state index in [4.69, 9.17) is 0 Å². The van der Waals surface area contributed by atoms with E-state index in [1.165, 1.54) is 22.5 Å². The normalized spacial score (nSPS) is 10.6. The Hall–Kier alpha value is -2.73. The molecule has 2 aromatic heterocycles. The highest BCUT2D eigenvalue weighted by Gasteiger charge is 2.09. The van der Waals surface area contributed by atoms with Crippen molar-refractivity contribution >= 4 is 28.7 Å². The van der Waals surface area contributed by atoms with Gasteiger partial charge in [0.25, 0.3) is 0 Å². The van der Waals surface area contributed by atoms with Crippen LogP contribution in [0.15, 0.2) is 41.9 Å². The molecule has 1 aromatic carbocycles. The van der Waals surface area contributed by atoms with Crippen LogP contribution in [-0.2, 0) is 11.3 Å². The van der Waals surface area contributed by atoms with Crippen molar-refractivity contribution in [2.45, 2.75) is 26.8 Å². The monoisotopic (exact) mass is 353 g/mol. The Labute approximate surface area is 150 Å². The summed E-state index contributed by atoms with van der Waals surface area (Å²) in [6.45, 7) is 4.61. The first-order valence-corrected chi connectivity index (χ1v) is 8.88. The summed E-state index contributed by atoms with van der Waals surface area (Å²) in [6.07, 6.45) is 2.86. The van der Waals surface area contributed by atoms with Crippen molar-refractivity contribution in [2.75, 3.05) is 5.32 Å². The predicted octanol–water partition coefficient (Wildman–Crippen LogP) is 4.07. The highest BCUT2D eigenvalue weighted by molar-refractivity contribution is 7.14. The standard InChI is InChI=1S/C19H19N3O2S/c1-13-5-6-15(10-14(13)2)17-12-25-19(20-17)21-18(24)7-9-22-8-3-4-16(22)11-23/h3-6,8,10-12H,7,9H2,1-2H3,(H,20,21,24). The summed E-state index contributed by atoms with van der Waals surface area (Å²) >= 11 is 1.41. The van der Waals surface area contributed by atoms with E-state index >= 15 is 0 Å². The molecule has 0 fully saturated rings. The molecular weight excluding hydrogens is 334 g/mol. The van der Waals surface area contributed by atoms with Crippen molar-refractivity contribution < 1.29 is 9.59 Å². The van der Waals surface area contributed by atoms with Crippen LogP contribution in [0.4, 0.5) is 5.13 Å². The second-order valence-corrected chi connectivity index (χ2v) is 6.74. The fourth-order valence-corrected chi connectivity index (χ4v) is 3.24. The van der Waals surface area contributed by atoms with E-state index in [1.807, 2.05) is 11.4 Å². The van der Waals surface area contributed by atoms with Crippen LogP contribution in [0, 0.1) is 13.8 Å². The van der Waals surface area contributed by atoms with Gasteiger partial charge in [0.1, 0.15) is 0 Å². The predicted molar refractivity (Wildman–Crippen MR) is 100 cm³/mol. The minimum atomic E-state index is -0.119. The number of carbonyl (C=O) groups is 2. The number of nitrogens with one attached hydrogen (secondary N) is 1. The molecule has 0 unspecified atom stereocenters. The van der Waals surface area contributed by atoms with Crippen LogP contribution >= 0.6 is 11.3 Å². The maximum atomic E-state index is 12.1. The molecule has 0 saturated carbocycles. The largest absolute Gasteiger partial charge is 0.345 e. The third-order valence-electron chi connectivity index (χ3n) is 4.12. The highest BCUT2D eigenvalue weighted by Crippen LogP contribution is 2.26. The number of aryl methyl sites for hydroxylation is 3. The lowest BCUT2D eigenvalue weighted by molar-refractivity contribution is -0.116. The number of thiazole rings is 1. The number of hydrogen-bond acceptors (Lipinski definition) is 4. The van der Waals surface area contributed by atoms with Gasteiger partial charge in [-0.15, -0.1) is 11.3 Å². The molecule has 0 atom stereocenters. The fourth-order valence-electron chi connectivity index (χ4n) is 2.51. The van der Waals surface area contributed by atoms with Crippen molar-refractivity contribution in [3.05, 3.63) is 58.7 Å². The van der Waals surface area contributed by atoms with E-state index in [-0.39, 0.29) is 12.3 Å². The molecule has 0 aliphatic heterocycles. The van der Waals surface area contributed by atoms with Gasteiger partial charge >= 0.3 is 0 Å². The van der Waals surface area contributed by atoms with E-state index < -0.39 is 0 Å². The number of aldehydes is 1. The van der Waals surface area contributed by atoms with Crippen molar-refractivity contribution in [2.24, 2.45) is 0 Å². The Morgan fingerprint density at radius 1 is 1.28 bits per heavy atom. The molecule has 3 aromatic rings. The van der Waals surface area contributed by atoms with Crippen LogP contribution in [0.5, 0.6) is 0 Å². The van der Waals surface area contributed by atoms with Crippen molar-refractivity contribution in [1.82, 2.24) is 9.55 Å². The van der Waals surface area contributed by atoms with Gasteiger partial charge in [0.05, 0.1) is 11.4 Å². The minimum absolute atomic E-state index is 0.119. The summed E-state index contributed by atoms with van der Waals surface area (Å²) in [5.74, 6) is -0.119. The first-order valence-electron chi connectivity index (χ1n) is 8.00. The maximum Gasteiger partial charge on any atom is 0.227 e. The summed E-state index contributed by atoms with van der Waals surface area (Å²) in [4.78, 5) is 27.5. The Bertz CT molecular complexity index is 911.